The first-order valence-corrected chi connectivity index (χ1v) is 9.88. The molecule has 2 aliphatic rings. The summed E-state index contributed by atoms with van der Waals surface area (Å²) < 4.78 is 5.81. The summed E-state index contributed by atoms with van der Waals surface area (Å²) in [6.45, 7) is 2.93. The predicted octanol–water partition coefficient (Wildman–Crippen LogP) is 2.28. The van der Waals surface area contributed by atoms with E-state index in [2.05, 4.69) is 25.5 Å². The zero-order valence-corrected chi connectivity index (χ0v) is 16.4. The highest BCUT2D eigenvalue weighted by molar-refractivity contribution is 6.01. The second kappa shape index (κ2) is 7.33. The van der Waals surface area contributed by atoms with Crippen molar-refractivity contribution in [2.75, 3.05) is 18.4 Å². The van der Waals surface area contributed by atoms with Gasteiger partial charge in [-0.15, -0.1) is 10.2 Å². The van der Waals surface area contributed by atoms with Crippen LogP contribution in [0.15, 0.2) is 41.1 Å². The Kier molecular flexibility index (Phi) is 4.50. The second-order valence-electron chi connectivity index (χ2n) is 7.65. The molecule has 2 aliphatic heterocycles. The van der Waals surface area contributed by atoms with Gasteiger partial charge in [-0.05, 0) is 25.0 Å². The molecule has 9 nitrogen and oxygen atoms in total. The number of amides is 2. The lowest BCUT2D eigenvalue weighted by Crippen LogP contribution is -2.37. The number of nitrogens with zero attached hydrogens (tertiary/aromatic N) is 5. The average molecular weight is 404 g/mol. The number of hydrogen-bond acceptors (Lipinski definition) is 7. The van der Waals surface area contributed by atoms with E-state index in [1.807, 2.05) is 31.2 Å². The number of nitrogens with one attached hydrogen (secondary N) is 1. The quantitative estimate of drug-likeness (QED) is 0.712. The monoisotopic (exact) mass is 404 g/mol. The van der Waals surface area contributed by atoms with Crippen molar-refractivity contribution in [1.29, 1.82) is 0 Å². The molecule has 9 heteroatoms. The Balaban J connectivity index is 1.31. The van der Waals surface area contributed by atoms with Crippen LogP contribution in [-0.4, -0.2) is 50.0 Å². The molecular weight excluding hydrogens is 384 g/mol. The molecule has 1 fully saturated rings. The number of carbonyl (C=O) groups excluding carboxylic acids is 2. The molecule has 0 spiro atoms. The maximum absolute atomic E-state index is 13.2. The van der Waals surface area contributed by atoms with E-state index in [1.54, 1.807) is 17.3 Å². The van der Waals surface area contributed by atoms with Gasteiger partial charge in [-0.1, -0.05) is 18.2 Å². The molecule has 2 unspecified atom stereocenters. The molecule has 1 N–H and O–H groups in total. The van der Waals surface area contributed by atoms with Gasteiger partial charge >= 0.3 is 0 Å². The SMILES string of the molecule is Cc1cnc(-c2nnc(C3CCN(C(=O)C4CC(=O)Nc5ccccc54)C3)o2)cn1. The Labute approximate surface area is 172 Å². The van der Waals surface area contributed by atoms with Crippen molar-refractivity contribution in [3.05, 3.63) is 53.8 Å². The summed E-state index contributed by atoms with van der Waals surface area (Å²) in [4.78, 5) is 35.5. The van der Waals surface area contributed by atoms with Crippen molar-refractivity contribution in [2.45, 2.75) is 31.6 Å². The standard InChI is InChI=1S/C21H20N6O3/c1-12-9-23-17(10-22-12)20-26-25-19(30-20)13-6-7-27(11-13)21(29)15-8-18(28)24-16-5-3-2-4-14(15)16/h2-5,9-10,13,15H,6-8,11H2,1H3,(H,24,28). The minimum absolute atomic E-state index is 0.0380. The van der Waals surface area contributed by atoms with Crippen molar-refractivity contribution in [3.63, 3.8) is 0 Å². The molecule has 0 bridgehead atoms. The number of anilines is 1. The van der Waals surface area contributed by atoms with E-state index in [0.717, 1.165) is 17.7 Å². The Bertz CT molecular complexity index is 1110. The fourth-order valence-electron chi connectivity index (χ4n) is 4.02. The van der Waals surface area contributed by atoms with Crippen LogP contribution in [0.4, 0.5) is 5.69 Å². The number of carbonyl (C=O) groups is 2. The van der Waals surface area contributed by atoms with Gasteiger partial charge in [0.25, 0.3) is 5.89 Å². The second-order valence-corrected chi connectivity index (χ2v) is 7.65. The largest absolute Gasteiger partial charge is 0.419 e. The van der Waals surface area contributed by atoms with Gasteiger partial charge in [0.2, 0.25) is 17.7 Å². The molecule has 0 radical (unpaired) electrons. The van der Waals surface area contributed by atoms with Gasteiger partial charge in [-0.3, -0.25) is 14.6 Å². The number of likely N-dealkylation sites (tertiary alicyclic amines) is 1. The van der Waals surface area contributed by atoms with Crippen LogP contribution in [0.2, 0.25) is 0 Å². The lowest BCUT2D eigenvalue weighted by atomic mass is 9.89. The fourth-order valence-corrected chi connectivity index (χ4v) is 4.02. The van der Waals surface area contributed by atoms with Crippen LogP contribution >= 0.6 is 0 Å². The summed E-state index contributed by atoms with van der Waals surface area (Å²) in [6.07, 6.45) is 4.14. The molecule has 0 aliphatic carbocycles. The van der Waals surface area contributed by atoms with Crippen molar-refractivity contribution in [3.8, 4) is 11.6 Å². The minimum atomic E-state index is -0.463. The van der Waals surface area contributed by atoms with Crippen LogP contribution in [0.25, 0.3) is 11.6 Å². The van der Waals surface area contributed by atoms with E-state index in [9.17, 15) is 9.59 Å². The first-order valence-electron chi connectivity index (χ1n) is 9.88. The molecule has 2 atom stereocenters. The third kappa shape index (κ3) is 3.32. The van der Waals surface area contributed by atoms with Gasteiger partial charge < -0.3 is 14.6 Å². The zero-order valence-electron chi connectivity index (χ0n) is 16.4. The lowest BCUT2D eigenvalue weighted by Gasteiger charge is -2.28. The molecule has 1 aromatic carbocycles. The topological polar surface area (TPSA) is 114 Å². The van der Waals surface area contributed by atoms with E-state index < -0.39 is 5.92 Å². The highest BCUT2D eigenvalue weighted by Gasteiger charge is 2.37. The molecule has 2 aromatic heterocycles. The normalized spacial score (nSPS) is 20.7. The Morgan fingerprint density at radius 3 is 2.90 bits per heavy atom. The summed E-state index contributed by atoms with van der Waals surface area (Å²) >= 11 is 0. The van der Waals surface area contributed by atoms with Crippen LogP contribution in [-0.2, 0) is 9.59 Å². The lowest BCUT2D eigenvalue weighted by molar-refractivity contribution is -0.134. The summed E-state index contributed by atoms with van der Waals surface area (Å²) in [5, 5.41) is 11.1. The predicted molar refractivity (Wildman–Crippen MR) is 106 cm³/mol. The molecule has 2 amide bonds. The third-order valence-electron chi connectivity index (χ3n) is 5.59. The maximum atomic E-state index is 13.2. The molecule has 0 saturated carbocycles. The summed E-state index contributed by atoms with van der Waals surface area (Å²) in [7, 11) is 0. The third-order valence-corrected chi connectivity index (χ3v) is 5.59. The first kappa shape index (κ1) is 18.4. The van der Waals surface area contributed by atoms with Crippen LogP contribution in [0.3, 0.4) is 0 Å². The highest BCUT2D eigenvalue weighted by Crippen LogP contribution is 2.36. The number of aryl methyl sites for hydroxylation is 1. The highest BCUT2D eigenvalue weighted by atomic mass is 16.4. The van der Waals surface area contributed by atoms with Crippen LogP contribution in [0.5, 0.6) is 0 Å². The average Bonchev–Trinajstić information content (AvgIpc) is 3.43. The number of para-hydroxylation sites is 1. The van der Waals surface area contributed by atoms with Gasteiger partial charge in [0, 0.05) is 31.4 Å². The smallest absolute Gasteiger partial charge is 0.267 e. The van der Waals surface area contributed by atoms with Crippen molar-refractivity contribution >= 4 is 17.5 Å². The maximum Gasteiger partial charge on any atom is 0.267 e. The zero-order chi connectivity index (χ0) is 20.7. The summed E-state index contributed by atoms with van der Waals surface area (Å²) in [5.41, 5.74) is 2.91. The van der Waals surface area contributed by atoms with Crippen LogP contribution in [0.1, 0.15) is 41.8 Å². The number of benzene rings is 1. The van der Waals surface area contributed by atoms with E-state index in [-0.39, 0.29) is 24.2 Å². The van der Waals surface area contributed by atoms with E-state index in [4.69, 9.17) is 4.42 Å². The molecule has 4 heterocycles. The molecule has 30 heavy (non-hydrogen) atoms. The van der Waals surface area contributed by atoms with Crippen molar-refractivity contribution in [2.24, 2.45) is 0 Å². The Hall–Kier alpha value is -3.62. The van der Waals surface area contributed by atoms with Crippen LogP contribution < -0.4 is 5.32 Å². The van der Waals surface area contributed by atoms with Gasteiger partial charge in [-0.25, -0.2) is 4.98 Å². The molecule has 5 rings (SSSR count). The summed E-state index contributed by atoms with van der Waals surface area (Å²) in [6, 6.07) is 7.46. The van der Waals surface area contributed by atoms with Crippen molar-refractivity contribution < 1.29 is 14.0 Å². The van der Waals surface area contributed by atoms with Crippen LogP contribution in [0, 0.1) is 6.92 Å². The van der Waals surface area contributed by atoms with Gasteiger partial charge in [0.1, 0.15) is 5.69 Å². The van der Waals surface area contributed by atoms with Gasteiger partial charge in [0.05, 0.1) is 23.7 Å². The molecule has 3 aromatic rings. The number of hydrogen-bond donors (Lipinski definition) is 1. The molecule has 152 valence electrons. The van der Waals surface area contributed by atoms with E-state index in [0.29, 0.717) is 36.3 Å². The minimum Gasteiger partial charge on any atom is -0.419 e. The fraction of sp³-hybridized carbons (Fsp3) is 0.333. The number of fused-ring (bicyclic) bond motifs is 1. The van der Waals surface area contributed by atoms with E-state index >= 15 is 0 Å². The first-order chi connectivity index (χ1) is 14.6. The molecular formula is C21H20N6O3. The van der Waals surface area contributed by atoms with Gasteiger partial charge in [-0.2, -0.15) is 0 Å². The van der Waals surface area contributed by atoms with Crippen molar-refractivity contribution in [1.82, 2.24) is 25.1 Å². The number of aromatic nitrogens is 4. The molecule has 1 saturated heterocycles. The summed E-state index contributed by atoms with van der Waals surface area (Å²) in [5.74, 6) is 0.133. The number of rotatable bonds is 3. The Morgan fingerprint density at radius 1 is 1.20 bits per heavy atom. The van der Waals surface area contributed by atoms with E-state index in [1.165, 1.54) is 0 Å². The Morgan fingerprint density at radius 2 is 2.07 bits per heavy atom. The van der Waals surface area contributed by atoms with Gasteiger partial charge in [0.15, 0.2) is 0 Å².